The number of thioether (sulfide) groups is 1. The van der Waals surface area contributed by atoms with Crippen molar-refractivity contribution in [2.75, 3.05) is 14.1 Å². The average molecular weight is 267 g/mol. The molecule has 8 heteroatoms. The molecule has 0 aliphatic carbocycles. The van der Waals surface area contributed by atoms with Gasteiger partial charge in [-0.25, -0.2) is 0 Å². The maximum atomic E-state index is 11.8. The largest absolute Gasteiger partial charge is 0.433 e. The molecule has 0 atom stereocenters. The van der Waals surface area contributed by atoms with E-state index >= 15 is 0 Å². The normalized spacial score (nSPS) is 20.1. The van der Waals surface area contributed by atoms with Crippen LogP contribution in [0.4, 0.5) is 5.88 Å². The van der Waals surface area contributed by atoms with Crippen LogP contribution in [0.15, 0.2) is 26.4 Å². The molecule has 2 rings (SSSR count). The summed E-state index contributed by atoms with van der Waals surface area (Å²) in [6, 6.07) is 2.69. The number of amides is 1. The molecule has 7 nitrogen and oxygen atoms in total. The third kappa shape index (κ3) is 2.14. The van der Waals surface area contributed by atoms with Gasteiger partial charge in [-0.15, -0.1) is 0 Å². The van der Waals surface area contributed by atoms with E-state index in [1.807, 2.05) is 0 Å². The summed E-state index contributed by atoms with van der Waals surface area (Å²) in [4.78, 5) is 27.4. The summed E-state index contributed by atoms with van der Waals surface area (Å²) in [5.41, 5.74) is 0. The molecule has 0 unspecified atom stereocenters. The van der Waals surface area contributed by atoms with Gasteiger partial charge in [-0.3, -0.25) is 24.8 Å². The van der Waals surface area contributed by atoms with Gasteiger partial charge in [0.2, 0.25) is 0 Å². The number of hydrogen-bond acceptors (Lipinski definition) is 6. The van der Waals surface area contributed by atoms with Gasteiger partial charge in [-0.05, 0) is 17.8 Å². The highest BCUT2D eigenvalue weighted by atomic mass is 32.2. The van der Waals surface area contributed by atoms with Crippen molar-refractivity contribution >= 4 is 34.8 Å². The second kappa shape index (κ2) is 4.65. The topological polar surface area (TPSA) is 89.0 Å². The predicted molar refractivity (Wildman–Crippen MR) is 67.1 cm³/mol. The fraction of sp³-hybridized carbons (Fsp3) is 0.200. The van der Waals surface area contributed by atoms with Gasteiger partial charge in [0.25, 0.3) is 5.91 Å². The molecule has 1 aromatic heterocycles. The van der Waals surface area contributed by atoms with Crippen LogP contribution in [0.3, 0.4) is 0 Å². The highest BCUT2D eigenvalue weighted by Crippen LogP contribution is 2.31. The molecular weight excluding hydrogens is 258 g/mol. The van der Waals surface area contributed by atoms with Crippen molar-refractivity contribution in [1.82, 2.24) is 4.90 Å². The van der Waals surface area contributed by atoms with E-state index in [1.54, 1.807) is 14.1 Å². The zero-order valence-electron chi connectivity index (χ0n) is 9.61. The number of aliphatic imine (C=N–C) groups is 1. The smallest absolute Gasteiger partial charge is 0.401 e. The number of hydrogen-bond donors (Lipinski definition) is 0. The Labute approximate surface area is 106 Å². The Kier molecular flexibility index (Phi) is 3.19. The number of carbonyl (C=O) groups excluding carboxylic acids is 1. The highest BCUT2D eigenvalue weighted by molar-refractivity contribution is 8.18. The Bertz CT molecular complexity index is 575. The minimum atomic E-state index is -0.628. The third-order valence-electron chi connectivity index (χ3n) is 2.26. The number of nitro groups is 1. The molecule has 2 heterocycles. The van der Waals surface area contributed by atoms with Crippen LogP contribution in [-0.2, 0) is 4.79 Å². The van der Waals surface area contributed by atoms with Gasteiger partial charge in [-0.2, -0.15) is 0 Å². The number of rotatable bonds is 2. The lowest BCUT2D eigenvalue weighted by Crippen LogP contribution is -2.23. The van der Waals surface area contributed by atoms with Crippen LogP contribution in [0.1, 0.15) is 5.76 Å². The first-order valence-electron chi connectivity index (χ1n) is 4.91. The van der Waals surface area contributed by atoms with Gasteiger partial charge in [-0.1, -0.05) is 0 Å². The van der Waals surface area contributed by atoms with Crippen molar-refractivity contribution in [2.45, 2.75) is 0 Å². The fourth-order valence-electron chi connectivity index (χ4n) is 1.40. The second-order valence-corrected chi connectivity index (χ2v) is 4.42. The molecule has 1 aliphatic heterocycles. The first-order valence-corrected chi connectivity index (χ1v) is 5.73. The number of furan rings is 1. The summed E-state index contributed by atoms with van der Waals surface area (Å²) in [7, 11) is 3.20. The van der Waals surface area contributed by atoms with Gasteiger partial charge < -0.3 is 4.42 Å². The van der Waals surface area contributed by atoms with E-state index in [0.717, 1.165) is 0 Å². The summed E-state index contributed by atoms with van der Waals surface area (Å²) >= 11 is 1.20. The summed E-state index contributed by atoms with van der Waals surface area (Å²) in [5.74, 6) is -0.294. The fourth-order valence-corrected chi connectivity index (χ4v) is 2.30. The molecule has 1 saturated heterocycles. The van der Waals surface area contributed by atoms with Crippen LogP contribution < -0.4 is 0 Å². The van der Waals surface area contributed by atoms with Crippen molar-refractivity contribution < 1.29 is 14.1 Å². The number of amidine groups is 1. The zero-order chi connectivity index (χ0) is 13.3. The van der Waals surface area contributed by atoms with Crippen LogP contribution in [0, 0.1) is 10.1 Å². The molecule has 0 aromatic carbocycles. The Morgan fingerprint density at radius 2 is 2.28 bits per heavy atom. The van der Waals surface area contributed by atoms with Gasteiger partial charge in [0, 0.05) is 20.2 Å². The van der Waals surface area contributed by atoms with Crippen LogP contribution in [0.2, 0.25) is 0 Å². The minimum Gasteiger partial charge on any atom is -0.401 e. The van der Waals surface area contributed by atoms with E-state index < -0.39 is 4.92 Å². The molecule has 94 valence electrons. The molecule has 1 aliphatic rings. The van der Waals surface area contributed by atoms with Crippen molar-refractivity contribution in [2.24, 2.45) is 4.99 Å². The monoisotopic (exact) mass is 267 g/mol. The standard InChI is InChI=1S/C10H9N3O4S/c1-11-10-12(2)9(14)7(18-10)5-6-3-4-8(17-6)13(15)16/h3-5H,1-2H3. The molecule has 18 heavy (non-hydrogen) atoms. The predicted octanol–water partition coefficient (Wildman–Crippen LogP) is 1.72. The molecule has 0 bridgehead atoms. The van der Waals surface area contributed by atoms with Gasteiger partial charge in [0.1, 0.15) is 10.7 Å². The highest BCUT2D eigenvalue weighted by Gasteiger charge is 2.30. The minimum absolute atomic E-state index is 0.209. The Morgan fingerprint density at radius 3 is 2.78 bits per heavy atom. The maximum Gasteiger partial charge on any atom is 0.433 e. The van der Waals surface area contributed by atoms with E-state index in [4.69, 9.17) is 4.42 Å². The van der Waals surface area contributed by atoms with Crippen molar-refractivity contribution in [3.8, 4) is 0 Å². The second-order valence-electron chi connectivity index (χ2n) is 3.41. The van der Waals surface area contributed by atoms with E-state index in [2.05, 4.69) is 4.99 Å². The number of nitrogens with zero attached hydrogens (tertiary/aromatic N) is 3. The molecule has 1 fully saturated rings. The van der Waals surface area contributed by atoms with E-state index in [0.29, 0.717) is 10.1 Å². The lowest BCUT2D eigenvalue weighted by molar-refractivity contribution is -0.402. The molecule has 1 aromatic rings. The lowest BCUT2D eigenvalue weighted by Gasteiger charge is -2.04. The first-order chi connectivity index (χ1) is 8.52. The van der Waals surface area contributed by atoms with Gasteiger partial charge in [0.05, 0.1) is 11.0 Å². The molecule has 0 spiro atoms. The number of carbonyl (C=O) groups is 1. The Hall–Kier alpha value is -2.09. The lowest BCUT2D eigenvalue weighted by atomic mass is 10.3. The van der Waals surface area contributed by atoms with Crippen molar-refractivity contribution in [3.05, 3.63) is 32.9 Å². The number of likely N-dealkylation sites (N-methyl/N-ethyl adjacent to an activating group) is 1. The Balaban J connectivity index is 2.28. The van der Waals surface area contributed by atoms with Crippen LogP contribution in [-0.4, -0.2) is 35.0 Å². The summed E-state index contributed by atoms with van der Waals surface area (Å²) < 4.78 is 4.96. The van der Waals surface area contributed by atoms with Crippen LogP contribution in [0.5, 0.6) is 0 Å². The van der Waals surface area contributed by atoms with E-state index in [9.17, 15) is 14.9 Å². The van der Waals surface area contributed by atoms with Crippen LogP contribution in [0.25, 0.3) is 6.08 Å². The zero-order valence-corrected chi connectivity index (χ0v) is 10.4. The summed E-state index contributed by atoms with van der Waals surface area (Å²) in [5, 5.41) is 11.0. The van der Waals surface area contributed by atoms with E-state index in [-0.39, 0.29) is 17.6 Å². The SMILES string of the molecule is CN=C1SC(=Cc2ccc([N+](=O)[O-])o2)C(=O)N1C. The van der Waals surface area contributed by atoms with Crippen LogP contribution >= 0.6 is 11.8 Å². The van der Waals surface area contributed by atoms with Gasteiger partial charge >= 0.3 is 5.88 Å². The molecule has 0 saturated carbocycles. The maximum absolute atomic E-state index is 11.8. The summed E-state index contributed by atoms with van der Waals surface area (Å²) in [6.45, 7) is 0. The Morgan fingerprint density at radius 1 is 1.56 bits per heavy atom. The third-order valence-corrected chi connectivity index (χ3v) is 3.41. The molecule has 0 radical (unpaired) electrons. The van der Waals surface area contributed by atoms with Gasteiger partial charge in [0.15, 0.2) is 5.17 Å². The molecule has 0 N–H and O–H groups in total. The summed E-state index contributed by atoms with van der Waals surface area (Å²) in [6.07, 6.45) is 1.47. The molecular formula is C10H9N3O4S. The van der Waals surface area contributed by atoms with Crippen molar-refractivity contribution in [3.63, 3.8) is 0 Å². The first kappa shape index (κ1) is 12.4. The molecule has 1 amide bonds. The average Bonchev–Trinajstić information content (AvgIpc) is 2.90. The van der Waals surface area contributed by atoms with Crippen molar-refractivity contribution in [1.29, 1.82) is 0 Å². The quantitative estimate of drug-likeness (QED) is 0.462. The van der Waals surface area contributed by atoms with E-state index in [1.165, 1.54) is 34.9 Å².